The van der Waals surface area contributed by atoms with Gasteiger partial charge in [-0.2, -0.15) is 0 Å². The van der Waals surface area contributed by atoms with Crippen molar-refractivity contribution in [3.63, 3.8) is 0 Å². The Bertz CT molecular complexity index is 3350. The van der Waals surface area contributed by atoms with E-state index in [9.17, 15) is 0 Å². The molecule has 0 bridgehead atoms. The van der Waals surface area contributed by atoms with E-state index in [0.29, 0.717) is 5.82 Å². The van der Waals surface area contributed by atoms with Gasteiger partial charge in [-0.25, -0.2) is 9.97 Å². The Labute approximate surface area is 373 Å². The number of fused-ring (bicyclic) bond motifs is 6. The molecule has 0 radical (unpaired) electrons. The van der Waals surface area contributed by atoms with Crippen molar-refractivity contribution in [1.82, 2.24) is 15.0 Å². The van der Waals surface area contributed by atoms with Crippen LogP contribution in [0, 0.1) is 0 Å². The smallest absolute Gasteiger partial charge is 0.161 e. The summed E-state index contributed by atoms with van der Waals surface area (Å²) in [6, 6.07) is 77.4. The third kappa shape index (κ3) is 6.34. The van der Waals surface area contributed by atoms with E-state index >= 15 is 0 Å². The van der Waals surface area contributed by atoms with Crippen molar-refractivity contribution in [3.8, 4) is 67.3 Å². The maximum absolute atomic E-state index is 6.55. The molecule has 0 saturated carbocycles. The highest BCUT2D eigenvalue weighted by atomic mass is 16.3. The Morgan fingerprint density at radius 3 is 1.58 bits per heavy atom. The molecule has 304 valence electrons. The molecule has 3 heterocycles. The summed E-state index contributed by atoms with van der Waals surface area (Å²) in [5.74, 6) is 0.637. The van der Waals surface area contributed by atoms with Crippen molar-refractivity contribution < 1.29 is 4.42 Å². The van der Waals surface area contributed by atoms with E-state index in [0.717, 1.165) is 72.4 Å². The van der Waals surface area contributed by atoms with Gasteiger partial charge < -0.3 is 4.42 Å². The van der Waals surface area contributed by atoms with Gasteiger partial charge in [0, 0.05) is 33.8 Å². The van der Waals surface area contributed by atoms with E-state index in [1.807, 2.05) is 56.4 Å². The van der Waals surface area contributed by atoms with Crippen LogP contribution in [-0.4, -0.2) is 15.0 Å². The van der Waals surface area contributed by atoms with Gasteiger partial charge in [0.15, 0.2) is 11.4 Å². The monoisotopic (exact) mass is 821 g/mol. The topological polar surface area (TPSA) is 51.8 Å². The molecule has 8 aromatic carbocycles. The minimum absolute atomic E-state index is 0.543. The highest BCUT2D eigenvalue weighted by Crippen LogP contribution is 2.57. The zero-order valence-corrected chi connectivity index (χ0v) is 35.6. The number of benzene rings is 8. The predicted octanol–water partition coefficient (Wildman–Crippen LogP) is 15.5. The third-order valence-corrected chi connectivity index (χ3v) is 12.5. The fourth-order valence-electron chi connectivity index (χ4n) is 9.67. The average Bonchev–Trinajstić information content (AvgIpc) is 3.91. The van der Waals surface area contributed by atoms with Crippen LogP contribution in [0.15, 0.2) is 229 Å². The van der Waals surface area contributed by atoms with Crippen LogP contribution in [0.3, 0.4) is 0 Å². The maximum Gasteiger partial charge on any atom is 0.161 e. The Morgan fingerprint density at radius 2 is 0.922 bits per heavy atom. The largest absolute Gasteiger partial charge is 0.454 e. The molecule has 0 aliphatic heterocycles. The number of aromatic nitrogens is 3. The lowest BCUT2D eigenvalue weighted by molar-refractivity contribution is 0.669. The Hall–Kier alpha value is -8.21. The van der Waals surface area contributed by atoms with Crippen LogP contribution in [0.1, 0.15) is 36.1 Å². The summed E-state index contributed by atoms with van der Waals surface area (Å²) in [6.07, 6.45) is 1.87. The van der Waals surface area contributed by atoms with Gasteiger partial charge >= 0.3 is 0 Å². The first-order valence-corrected chi connectivity index (χ1v) is 22.0. The second-order valence-corrected chi connectivity index (χ2v) is 15.9. The van der Waals surface area contributed by atoms with Crippen LogP contribution in [0.5, 0.6) is 0 Å². The molecule has 11 aromatic rings. The van der Waals surface area contributed by atoms with Crippen LogP contribution in [0.25, 0.3) is 89.4 Å². The molecular weight excluding hydrogens is 779 g/mol. The van der Waals surface area contributed by atoms with Gasteiger partial charge in [0.2, 0.25) is 0 Å². The zero-order chi connectivity index (χ0) is 43.0. The Kier molecular flexibility index (Phi) is 9.82. The SMILES string of the molecule is CC.c1ccc(-c2cc(-c3ccccc3)nc(-c3cc(-c4ccnc5c4oc4ccccc45)ccc3-c3ccc4c(c3)C(c3ccccc3)(c3ccccc3)c3ccccc3-4)n2)cc1. The van der Waals surface area contributed by atoms with Crippen molar-refractivity contribution in [1.29, 1.82) is 0 Å². The molecule has 3 aromatic heterocycles. The Balaban J connectivity index is 0.00000225. The van der Waals surface area contributed by atoms with E-state index in [2.05, 4.69) is 182 Å². The van der Waals surface area contributed by atoms with Crippen LogP contribution in [-0.2, 0) is 5.41 Å². The number of rotatable bonds is 7. The molecule has 0 unspecified atom stereocenters. The van der Waals surface area contributed by atoms with Gasteiger partial charge in [0.1, 0.15) is 11.1 Å². The maximum atomic E-state index is 6.55. The van der Waals surface area contributed by atoms with E-state index in [1.165, 1.54) is 33.4 Å². The van der Waals surface area contributed by atoms with E-state index < -0.39 is 5.41 Å². The van der Waals surface area contributed by atoms with Gasteiger partial charge in [-0.1, -0.05) is 196 Å². The van der Waals surface area contributed by atoms with Crippen molar-refractivity contribution in [2.45, 2.75) is 19.3 Å². The van der Waals surface area contributed by atoms with Crippen LogP contribution in [0.2, 0.25) is 0 Å². The quantitative estimate of drug-likeness (QED) is 0.161. The molecular formula is C60H43N3O. The Morgan fingerprint density at radius 1 is 0.391 bits per heavy atom. The zero-order valence-electron chi connectivity index (χ0n) is 35.6. The minimum atomic E-state index is -0.543. The second kappa shape index (κ2) is 16.2. The number of nitrogens with zero attached hydrogens (tertiary/aromatic N) is 3. The van der Waals surface area contributed by atoms with Gasteiger partial charge in [-0.15, -0.1) is 0 Å². The van der Waals surface area contributed by atoms with Crippen molar-refractivity contribution in [3.05, 3.63) is 247 Å². The number of furan rings is 1. The summed E-state index contributed by atoms with van der Waals surface area (Å²) in [6.45, 7) is 4.00. The summed E-state index contributed by atoms with van der Waals surface area (Å²) in [7, 11) is 0. The fourth-order valence-corrected chi connectivity index (χ4v) is 9.67. The number of hydrogen-bond acceptors (Lipinski definition) is 4. The number of pyridine rings is 1. The predicted molar refractivity (Wildman–Crippen MR) is 263 cm³/mol. The lowest BCUT2D eigenvalue weighted by Gasteiger charge is -2.34. The highest BCUT2D eigenvalue weighted by molar-refractivity contribution is 6.07. The fraction of sp³-hybridized carbons (Fsp3) is 0.0500. The molecule has 4 heteroatoms. The van der Waals surface area contributed by atoms with Crippen LogP contribution < -0.4 is 0 Å². The standard InChI is InChI=1S/C58H37N3O.C2H6/c1-5-17-38(18-6-1)52-37-53(39-19-7-2-8-20-39)61-57(60-52)49-35-40(45-33-34-59-55-48-26-14-16-28-54(48)62-56(45)55)29-31-44(49)41-30-32-47-46-25-13-15-27-50(46)58(51(47)36-41,42-21-9-3-10-22-42)43-23-11-4-12-24-43;1-2/h1-37H;1-2H3. The van der Waals surface area contributed by atoms with Crippen molar-refractivity contribution in [2.75, 3.05) is 0 Å². The second-order valence-electron chi connectivity index (χ2n) is 15.9. The molecule has 0 amide bonds. The number of hydrogen-bond donors (Lipinski definition) is 0. The summed E-state index contributed by atoms with van der Waals surface area (Å²) in [5.41, 5.74) is 18.0. The summed E-state index contributed by atoms with van der Waals surface area (Å²) in [5, 5.41) is 0.993. The summed E-state index contributed by atoms with van der Waals surface area (Å²) < 4.78 is 6.55. The molecule has 12 rings (SSSR count). The van der Waals surface area contributed by atoms with Gasteiger partial charge in [-0.05, 0) is 86.5 Å². The first kappa shape index (κ1) is 38.7. The van der Waals surface area contributed by atoms with Gasteiger partial charge in [-0.3, -0.25) is 4.98 Å². The minimum Gasteiger partial charge on any atom is -0.454 e. The highest BCUT2D eigenvalue weighted by Gasteiger charge is 2.46. The van der Waals surface area contributed by atoms with Crippen LogP contribution in [0.4, 0.5) is 0 Å². The molecule has 0 fully saturated rings. The summed E-state index contributed by atoms with van der Waals surface area (Å²) in [4.78, 5) is 15.6. The molecule has 0 N–H and O–H groups in total. The molecule has 64 heavy (non-hydrogen) atoms. The van der Waals surface area contributed by atoms with E-state index in [1.54, 1.807) is 0 Å². The summed E-state index contributed by atoms with van der Waals surface area (Å²) >= 11 is 0. The van der Waals surface area contributed by atoms with E-state index in [4.69, 9.17) is 19.4 Å². The molecule has 1 aliphatic rings. The first-order valence-electron chi connectivity index (χ1n) is 22.0. The average molecular weight is 822 g/mol. The lowest BCUT2D eigenvalue weighted by Crippen LogP contribution is -2.28. The third-order valence-electron chi connectivity index (χ3n) is 12.5. The van der Waals surface area contributed by atoms with Crippen LogP contribution >= 0.6 is 0 Å². The van der Waals surface area contributed by atoms with Crippen molar-refractivity contribution >= 4 is 22.1 Å². The van der Waals surface area contributed by atoms with Crippen molar-refractivity contribution in [2.24, 2.45) is 0 Å². The lowest BCUT2D eigenvalue weighted by atomic mass is 9.67. The van der Waals surface area contributed by atoms with E-state index in [-0.39, 0.29) is 0 Å². The molecule has 0 saturated heterocycles. The molecule has 0 spiro atoms. The van der Waals surface area contributed by atoms with Gasteiger partial charge in [0.05, 0.1) is 16.8 Å². The normalized spacial score (nSPS) is 12.3. The van der Waals surface area contributed by atoms with Gasteiger partial charge in [0.25, 0.3) is 0 Å². The number of para-hydroxylation sites is 1. The first-order chi connectivity index (χ1) is 31.7. The molecule has 4 nitrogen and oxygen atoms in total. The molecule has 1 aliphatic carbocycles. The molecule has 0 atom stereocenters.